The van der Waals surface area contributed by atoms with Crippen LogP contribution in [0.25, 0.3) is 5.57 Å². The van der Waals surface area contributed by atoms with E-state index in [9.17, 15) is 14.0 Å². The third-order valence-corrected chi connectivity index (χ3v) is 4.18. The van der Waals surface area contributed by atoms with Crippen molar-refractivity contribution >= 4 is 17.5 Å². The van der Waals surface area contributed by atoms with Crippen LogP contribution in [-0.2, 0) is 4.79 Å². The Hall–Kier alpha value is -2.95. The summed E-state index contributed by atoms with van der Waals surface area (Å²) >= 11 is 0. The number of hydrogen-bond donors (Lipinski definition) is 2. The van der Waals surface area contributed by atoms with Crippen molar-refractivity contribution in [1.29, 1.82) is 5.26 Å². The Balaban J connectivity index is 2.09. The van der Waals surface area contributed by atoms with Crippen LogP contribution in [0.5, 0.6) is 0 Å². The molecule has 0 saturated carbocycles. The number of nitrogens with one attached hydrogen (secondary N) is 2. The second-order valence-electron chi connectivity index (χ2n) is 6.83. The quantitative estimate of drug-likeness (QED) is 0.591. The van der Waals surface area contributed by atoms with Gasteiger partial charge in [-0.25, -0.2) is 9.78 Å². The van der Waals surface area contributed by atoms with Gasteiger partial charge in [-0.1, -0.05) is 13.8 Å². The number of nitrogens with zero attached hydrogens (tertiary/aromatic N) is 3. The highest BCUT2D eigenvalue weighted by Gasteiger charge is 2.25. The third-order valence-electron chi connectivity index (χ3n) is 4.18. The minimum Gasteiger partial charge on any atom is -0.341 e. The molecule has 2 rings (SSSR count). The normalized spacial score (nSPS) is 14.9. The maximum Gasteiger partial charge on any atom is 0.322 e. The summed E-state index contributed by atoms with van der Waals surface area (Å²) in [6, 6.07) is 3.68. The van der Waals surface area contributed by atoms with Crippen LogP contribution in [0.1, 0.15) is 38.7 Å². The molecule has 1 aromatic rings. The van der Waals surface area contributed by atoms with E-state index >= 15 is 0 Å². The molecule has 2 heterocycles. The molecule has 1 aliphatic heterocycles. The van der Waals surface area contributed by atoms with Gasteiger partial charge in [0.15, 0.2) is 0 Å². The summed E-state index contributed by atoms with van der Waals surface area (Å²) < 4.78 is 13.0. The number of nitriles is 1. The van der Waals surface area contributed by atoms with Gasteiger partial charge in [0, 0.05) is 18.9 Å². The summed E-state index contributed by atoms with van der Waals surface area (Å²) in [4.78, 5) is 30.0. The van der Waals surface area contributed by atoms with Crippen LogP contribution in [0.15, 0.2) is 24.5 Å². The molecule has 27 heavy (non-hydrogen) atoms. The van der Waals surface area contributed by atoms with Crippen LogP contribution in [0, 0.1) is 23.2 Å². The maximum atomic E-state index is 13.0. The van der Waals surface area contributed by atoms with E-state index in [0.29, 0.717) is 13.0 Å². The van der Waals surface area contributed by atoms with E-state index in [1.54, 1.807) is 12.3 Å². The fourth-order valence-corrected chi connectivity index (χ4v) is 2.89. The summed E-state index contributed by atoms with van der Waals surface area (Å²) in [5.41, 5.74) is 1.65. The lowest BCUT2D eigenvalue weighted by atomic mass is 10.0. The molecule has 144 valence electrons. The van der Waals surface area contributed by atoms with Crippen molar-refractivity contribution in [3.8, 4) is 6.07 Å². The summed E-state index contributed by atoms with van der Waals surface area (Å²) in [6.45, 7) is 4.33. The minimum absolute atomic E-state index is 0.103. The summed E-state index contributed by atoms with van der Waals surface area (Å²) in [5.74, 6) is -0.729. The molecular formula is C19H24FN5O2. The molecule has 0 aromatic carbocycles. The van der Waals surface area contributed by atoms with Crippen molar-refractivity contribution < 1.29 is 14.0 Å². The first-order chi connectivity index (χ1) is 12.9. The number of carbonyl (C=O) groups is 2. The summed E-state index contributed by atoms with van der Waals surface area (Å²) in [5, 5.41) is 13.9. The van der Waals surface area contributed by atoms with E-state index < -0.39 is 12.0 Å². The number of halogens is 1. The fraction of sp³-hybridized carbons (Fsp3) is 0.474. The van der Waals surface area contributed by atoms with Crippen LogP contribution in [0.4, 0.5) is 9.18 Å². The van der Waals surface area contributed by atoms with Crippen LogP contribution in [0.3, 0.4) is 0 Å². The lowest BCUT2D eigenvalue weighted by molar-refractivity contribution is -0.123. The highest BCUT2D eigenvalue weighted by atomic mass is 19.1. The lowest BCUT2D eigenvalue weighted by Gasteiger charge is -2.28. The Labute approximate surface area is 158 Å². The Bertz CT molecular complexity index is 739. The maximum absolute atomic E-state index is 13.0. The summed E-state index contributed by atoms with van der Waals surface area (Å²) in [7, 11) is 0. The van der Waals surface area contributed by atoms with Gasteiger partial charge < -0.3 is 15.5 Å². The third kappa shape index (κ3) is 6.06. The molecule has 0 saturated heterocycles. The first kappa shape index (κ1) is 20.4. The first-order valence-electron chi connectivity index (χ1n) is 8.95. The topological polar surface area (TPSA) is 98.1 Å². The number of rotatable bonds is 6. The molecule has 0 aliphatic carbocycles. The molecule has 1 aromatic heterocycles. The molecule has 0 bridgehead atoms. The number of aromatic nitrogens is 1. The predicted molar refractivity (Wildman–Crippen MR) is 98.5 cm³/mol. The second kappa shape index (κ2) is 9.67. The Morgan fingerprint density at radius 1 is 1.41 bits per heavy atom. The smallest absolute Gasteiger partial charge is 0.322 e. The van der Waals surface area contributed by atoms with E-state index in [4.69, 9.17) is 5.26 Å². The van der Waals surface area contributed by atoms with Crippen LogP contribution < -0.4 is 10.6 Å². The monoisotopic (exact) mass is 373 g/mol. The van der Waals surface area contributed by atoms with Gasteiger partial charge in [-0.05, 0) is 48.4 Å². The minimum atomic E-state index is -0.711. The van der Waals surface area contributed by atoms with Crippen LogP contribution in [0.2, 0.25) is 0 Å². The molecule has 7 nitrogen and oxygen atoms in total. The molecule has 1 aliphatic rings. The van der Waals surface area contributed by atoms with E-state index in [2.05, 4.69) is 15.6 Å². The largest absolute Gasteiger partial charge is 0.341 e. The van der Waals surface area contributed by atoms with E-state index in [-0.39, 0.29) is 24.4 Å². The second-order valence-corrected chi connectivity index (χ2v) is 6.83. The first-order valence-corrected chi connectivity index (χ1v) is 8.95. The highest BCUT2D eigenvalue weighted by Crippen LogP contribution is 2.24. The molecule has 0 fully saturated rings. The predicted octanol–water partition coefficient (Wildman–Crippen LogP) is 2.42. The number of urea groups is 1. The number of allylic oxidation sites excluding steroid dienone is 1. The highest BCUT2D eigenvalue weighted by molar-refractivity contribution is 5.88. The average Bonchev–Trinajstić information content (AvgIpc) is 2.65. The van der Waals surface area contributed by atoms with Gasteiger partial charge in [0.1, 0.15) is 12.6 Å². The van der Waals surface area contributed by atoms with Crippen molar-refractivity contribution in [1.82, 2.24) is 20.5 Å². The molecule has 1 unspecified atom stereocenters. The fourth-order valence-electron chi connectivity index (χ4n) is 2.89. The van der Waals surface area contributed by atoms with Gasteiger partial charge >= 0.3 is 6.03 Å². The van der Waals surface area contributed by atoms with Crippen LogP contribution in [-0.4, -0.2) is 41.0 Å². The van der Waals surface area contributed by atoms with Crippen molar-refractivity contribution in [2.75, 3.05) is 13.1 Å². The Kier molecular flexibility index (Phi) is 7.29. The number of carbonyl (C=O) groups excluding carboxylic acids is 2. The van der Waals surface area contributed by atoms with Crippen molar-refractivity contribution in [3.05, 3.63) is 36.0 Å². The van der Waals surface area contributed by atoms with E-state index in [0.717, 1.165) is 24.0 Å². The van der Waals surface area contributed by atoms with Gasteiger partial charge in [0.25, 0.3) is 0 Å². The van der Waals surface area contributed by atoms with Gasteiger partial charge in [-0.15, -0.1) is 0 Å². The lowest BCUT2D eigenvalue weighted by Crippen LogP contribution is -2.51. The SMILES string of the molecule is CC(C)CC(NC(=O)N1C=C(c2ccc(F)nc2)CCC1)C(=O)NCC#N. The Morgan fingerprint density at radius 2 is 2.19 bits per heavy atom. The average molecular weight is 373 g/mol. The molecule has 2 N–H and O–H groups in total. The van der Waals surface area contributed by atoms with E-state index in [1.165, 1.54) is 17.2 Å². The molecule has 0 radical (unpaired) electrons. The number of hydrogen-bond acceptors (Lipinski definition) is 4. The van der Waals surface area contributed by atoms with Crippen molar-refractivity contribution in [3.63, 3.8) is 0 Å². The molecule has 1 atom stereocenters. The molecular weight excluding hydrogens is 349 g/mol. The molecule has 0 spiro atoms. The van der Waals surface area contributed by atoms with Gasteiger partial charge in [-0.2, -0.15) is 9.65 Å². The molecule has 3 amide bonds. The van der Waals surface area contributed by atoms with Crippen molar-refractivity contribution in [2.45, 2.75) is 39.2 Å². The van der Waals surface area contributed by atoms with Gasteiger partial charge in [0.2, 0.25) is 11.9 Å². The number of amides is 3. The summed E-state index contributed by atoms with van der Waals surface area (Å²) in [6.07, 6.45) is 5.14. The Morgan fingerprint density at radius 3 is 2.81 bits per heavy atom. The molecule has 8 heteroatoms. The zero-order valence-corrected chi connectivity index (χ0v) is 15.5. The van der Waals surface area contributed by atoms with E-state index in [1.807, 2.05) is 19.9 Å². The van der Waals surface area contributed by atoms with Crippen LogP contribution >= 0.6 is 0 Å². The van der Waals surface area contributed by atoms with Crippen molar-refractivity contribution in [2.24, 2.45) is 5.92 Å². The zero-order chi connectivity index (χ0) is 19.8. The van der Waals surface area contributed by atoms with Gasteiger partial charge in [-0.3, -0.25) is 4.79 Å². The standard InChI is InChI=1S/C19H24FN5O2/c1-13(2)10-16(18(26)22-8-7-21)24-19(27)25-9-3-4-15(12-25)14-5-6-17(20)23-11-14/h5-6,11-13,16H,3-4,8-10H2,1-2H3,(H,22,26)(H,24,27). The number of pyridine rings is 1. The van der Waals surface area contributed by atoms with Gasteiger partial charge in [0.05, 0.1) is 6.07 Å². The zero-order valence-electron chi connectivity index (χ0n) is 15.5.